The second-order valence-electron chi connectivity index (χ2n) is 9.34. The van der Waals surface area contributed by atoms with Crippen molar-refractivity contribution in [1.29, 1.82) is 0 Å². The minimum Gasteiger partial charge on any atom is -0.379 e. The van der Waals surface area contributed by atoms with Crippen molar-refractivity contribution in [1.82, 2.24) is 30.0 Å². The summed E-state index contributed by atoms with van der Waals surface area (Å²) in [4.78, 5) is 26.4. The quantitative estimate of drug-likeness (QED) is 0.506. The molecule has 0 unspecified atom stereocenters. The van der Waals surface area contributed by atoms with E-state index in [4.69, 9.17) is 4.74 Å². The molecule has 0 aromatic carbocycles. The highest BCUT2D eigenvalue weighted by Gasteiger charge is 2.45. The first-order valence-electron chi connectivity index (χ1n) is 11.5. The van der Waals surface area contributed by atoms with Crippen LogP contribution < -0.4 is 5.32 Å². The Bertz CT molecular complexity index is 1280. The van der Waals surface area contributed by atoms with E-state index in [1.54, 1.807) is 17.9 Å². The SMILES string of the molecule is Cc1cc(Nc2ncc(C(F)(F)F)c(-c3cc4c(s3)C(C)(C)N(CCN3CCOCC3)C4=O)n2)n[nH]1. The third-order valence-electron chi connectivity index (χ3n) is 6.45. The van der Waals surface area contributed by atoms with E-state index in [9.17, 15) is 18.0 Å². The molecular formula is C23H26F3N7O2S. The zero-order valence-electron chi connectivity index (χ0n) is 20.1. The third kappa shape index (κ3) is 4.58. The number of alkyl halides is 3. The first-order chi connectivity index (χ1) is 17.0. The van der Waals surface area contributed by atoms with Crippen molar-refractivity contribution < 1.29 is 22.7 Å². The lowest BCUT2D eigenvalue weighted by atomic mass is 10.0. The molecule has 1 fully saturated rings. The minimum absolute atomic E-state index is 0.0178. The number of ether oxygens (including phenoxy) is 1. The number of nitrogens with one attached hydrogen (secondary N) is 2. The Morgan fingerprint density at radius 1 is 1.22 bits per heavy atom. The summed E-state index contributed by atoms with van der Waals surface area (Å²) in [6.45, 7) is 9.87. The summed E-state index contributed by atoms with van der Waals surface area (Å²) in [6.07, 6.45) is -3.90. The first kappa shape index (κ1) is 24.7. The van der Waals surface area contributed by atoms with Crippen molar-refractivity contribution >= 4 is 29.0 Å². The molecule has 0 spiro atoms. The number of aryl methyl sites for hydroxylation is 1. The molecule has 1 saturated heterocycles. The Kier molecular flexibility index (Phi) is 6.25. The zero-order valence-corrected chi connectivity index (χ0v) is 20.9. The third-order valence-corrected chi connectivity index (χ3v) is 7.91. The zero-order chi connectivity index (χ0) is 25.7. The van der Waals surface area contributed by atoms with Gasteiger partial charge in [0, 0.05) is 49.0 Å². The number of hydrogen-bond acceptors (Lipinski definition) is 8. The van der Waals surface area contributed by atoms with Gasteiger partial charge < -0.3 is 15.0 Å². The van der Waals surface area contributed by atoms with Crippen LogP contribution in [0.5, 0.6) is 0 Å². The average Bonchev–Trinajstić information content (AvgIpc) is 3.49. The van der Waals surface area contributed by atoms with E-state index >= 15 is 0 Å². The van der Waals surface area contributed by atoms with Gasteiger partial charge in [-0.25, -0.2) is 9.97 Å². The average molecular weight is 522 g/mol. The smallest absolute Gasteiger partial charge is 0.379 e. The number of aromatic nitrogens is 4. The number of nitrogens with zero attached hydrogens (tertiary/aromatic N) is 5. The fraction of sp³-hybridized carbons (Fsp3) is 0.478. The van der Waals surface area contributed by atoms with Crippen molar-refractivity contribution in [2.45, 2.75) is 32.5 Å². The van der Waals surface area contributed by atoms with Crippen LogP contribution in [-0.4, -0.2) is 75.3 Å². The molecule has 5 heterocycles. The number of aromatic amines is 1. The molecule has 192 valence electrons. The molecule has 13 heteroatoms. The molecule has 2 aliphatic heterocycles. The highest BCUT2D eigenvalue weighted by atomic mass is 32.1. The Morgan fingerprint density at radius 2 is 1.97 bits per heavy atom. The van der Waals surface area contributed by atoms with Gasteiger partial charge in [0.05, 0.1) is 34.9 Å². The van der Waals surface area contributed by atoms with E-state index in [1.807, 2.05) is 13.8 Å². The second-order valence-corrected chi connectivity index (χ2v) is 10.4. The van der Waals surface area contributed by atoms with E-state index in [1.165, 1.54) is 6.07 Å². The number of fused-ring (bicyclic) bond motifs is 1. The van der Waals surface area contributed by atoms with Crippen molar-refractivity contribution in [3.63, 3.8) is 0 Å². The number of carbonyl (C=O) groups excluding carboxylic acids is 1. The maximum absolute atomic E-state index is 13.9. The van der Waals surface area contributed by atoms with Gasteiger partial charge in [0.25, 0.3) is 5.91 Å². The molecule has 1 amide bonds. The number of halogens is 3. The number of hydrogen-bond donors (Lipinski definition) is 2. The maximum atomic E-state index is 13.9. The lowest BCUT2D eigenvalue weighted by molar-refractivity contribution is -0.137. The van der Waals surface area contributed by atoms with Crippen LogP contribution in [0.1, 0.15) is 40.3 Å². The van der Waals surface area contributed by atoms with Crippen LogP contribution in [0.25, 0.3) is 10.6 Å². The second kappa shape index (κ2) is 9.12. The number of thiophene rings is 1. The maximum Gasteiger partial charge on any atom is 0.420 e. The van der Waals surface area contributed by atoms with E-state index in [0.717, 1.165) is 41.2 Å². The predicted molar refractivity (Wildman–Crippen MR) is 128 cm³/mol. The largest absolute Gasteiger partial charge is 0.420 e. The van der Waals surface area contributed by atoms with Gasteiger partial charge in [0.15, 0.2) is 5.82 Å². The van der Waals surface area contributed by atoms with Gasteiger partial charge in [-0.3, -0.25) is 14.8 Å². The monoisotopic (exact) mass is 521 g/mol. The summed E-state index contributed by atoms with van der Waals surface area (Å²) in [5.41, 5.74) is -0.680. The summed E-state index contributed by atoms with van der Waals surface area (Å²) in [6, 6.07) is 3.21. The fourth-order valence-corrected chi connectivity index (χ4v) is 5.79. The standard InChI is InChI=1S/C23H26F3N7O2S/c1-13-10-17(31-30-13)28-21-27-12-15(23(24,25)26)18(29-21)16-11-14-19(36-16)22(2,3)33(20(14)34)5-4-32-6-8-35-9-7-32/h10-12H,4-9H2,1-3H3,(H2,27,28,29,30,31). The normalized spacial score (nSPS) is 18.1. The summed E-state index contributed by atoms with van der Waals surface area (Å²) >= 11 is 1.16. The highest BCUT2D eigenvalue weighted by Crippen LogP contribution is 2.47. The Balaban J connectivity index is 1.45. The van der Waals surface area contributed by atoms with Crippen molar-refractivity contribution in [3.8, 4) is 10.6 Å². The van der Waals surface area contributed by atoms with E-state index in [0.29, 0.717) is 37.7 Å². The molecule has 2 N–H and O–H groups in total. The number of H-pyrrole nitrogens is 1. The molecule has 0 saturated carbocycles. The van der Waals surface area contributed by atoms with E-state index < -0.39 is 17.3 Å². The number of carbonyl (C=O) groups is 1. The predicted octanol–water partition coefficient (Wildman–Crippen LogP) is 4.02. The molecule has 0 atom stereocenters. The van der Waals surface area contributed by atoms with Gasteiger partial charge in [0.2, 0.25) is 5.95 Å². The van der Waals surface area contributed by atoms with E-state index in [2.05, 4.69) is 30.4 Å². The molecular weight excluding hydrogens is 495 g/mol. The van der Waals surface area contributed by atoms with Crippen LogP contribution in [0.3, 0.4) is 0 Å². The van der Waals surface area contributed by atoms with Gasteiger partial charge in [-0.15, -0.1) is 11.3 Å². The van der Waals surface area contributed by atoms with Crippen molar-refractivity contribution in [2.75, 3.05) is 44.7 Å². The van der Waals surface area contributed by atoms with Gasteiger partial charge >= 0.3 is 6.18 Å². The summed E-state index contributed by atoms with van der Waals surface area (Å²) < 4.78 is 47.0. The number of anilines is 2. The molecule has 9 nitrogen and oxygen atoms in total. The molecule has 0 aliphatic carbocycles. The number of amides is 1. The van der Waals surface area contributed by atoms with Crippen LogP contribution in [0.2, 0.25) is 0 Å². The van der Waals surface area contributed by atoms with Gasteiger partial charge in [-0.05, 0) is 26.8 Å². The van der Waals surface area contributed by atoms with Gasteiger partial charge in [-0.2, -0.15) is 18.3 Å². The Labute approximate surface area is 209 Å². The molecule has 3 aromatic heterocycles. The lowest BCUT2D eigenvalue weighted by Gasteiger charge is -2.35. The Hall–Kier alpha value is -3.03. The van der Waals surface area contributed by atoms with Crippen LogP contribution in [-0.2, 0) is 16.5 Å². The molecule has 5 rings (SSSR count). The molecule has 3 aromatic rings. The van der Waals surface area contributed by atoms with Crippen LogP contribution in [0.15, 0.2) is 18.3 Å². The highest BCUT2D eigenvalue weighted by molar-refractivity contribution is 7.16. The lowest BCUT2D eigenvalue weighted by Crippen LogP contribution is -2.46. The van der Waals surface area contributed by atoms with Gasteiger partial charge in [-0.1, -0.05) is 0 Å². The molecule has 36 heavy (non-hydrogen) atoms. The van der Waals surface area contributed by atoms with Crippen molar-refractivity contribution in [2.24, 2.45) is 0 Å². The first-order valence-corrected chi connectivity index (χ1v) is 12.4. The number of rotatable bonds is 6. The number of morpholine rings is 1. The Morgan fingerprint density at radius 3 is 2.61 bits per heavy atom. The summed E-state index contributed by atoms with van der Waals surface area (Å²) in [5, 5.41) is 9.59. The molecule has 2 aliphatic rings. The summed E-state index contributed by atoms with van der Waals surface area (Å²) in [7, 11) is 0. The van der Waals surface area contributed by atoms with Crippen LogP contribution >= 0.6 is 11.3 Å². The topological polar surface area (TPSA) is 99.3 Å². The van der Waals surface area contributed by atoms with Crippen molar-refractivity contribution in [3.05, 3.63) is 40.0 Å². The summed E-state index contributed by atoms with van der Waals surface area (Å²) in [5.74, 6) is 0.189. The van der Waals surface area contributed by atoms with Crippen LogP contribution in [0.4, 0.5) is 24.9 Å². The fourth-order valence-electron chi connectivity index (χ4n) is 4.52. The van der Waals surface area contributed by atoms with Crippen LogP contribution in [0, 0.1) is 6.92 Å². The molecule has 0 radical (unpaired) electrons. The minimum atomic E-state index is -4.66. The van der Waals surface area contributed by atoms with E-state index in [-0.39, 0.29) is 22.4 Å². The van der Waals surface area contributed by atoms with Gasteiger partial charge in [0.1, 0.15) is 5.56 Å². The molecule has 0 bridgehead atoms.